The number of hydrogen-bond donors (Lipinski definition) is 2. The largest absolute Gasteiger partial charge is 0.463 e. The van der Waals surface area contributed by atoms with E-state index in [0.29, 0.717) is 49.7 Å². The third kappa shape index (κ3) is 4.75. The fraction of sp³-hybridized carbons (Fsp3) is 0.333. The highest BCUT2D eigenvalue weighted by atomic mass is 19.1. The number of carbonyl (C=O) groups is 2. The van der Waals surface area contributed by atoms with E-state index in [1.54, 1.807) is 19.1 Å². The Balaban J connectivity index is 1.55. The van der Waals surface area contributed by atoms with Gasteiger partial charge in [-0.25, -0.2) is 14.0 Å². The van der Waals surface area contributed by atoms with Gasteiger partial charge in [-0.05, 0) is 24.6 Å². The van der Waals surface area contributed by atoms with E-state index < -0.39 is 12.0 Å². The normalized spacial score (nSPS) is 19.4. The molecule has 0 unspecified atom stereocenters. The molecule has 1 fully saturated rings. The summed E-state index contributed by atoms with van der Waals surface area (Å²) in [7, 11) is 0. The molecule has 1 saturated heterocycles. The standard InChI is InChI=1S/C24H27FN4O3/c1-2-32-23(30)21-19(26-24(31)27-22(21)17-8-4-3-5-9-17)16-28-12-14-29(15-13-28)20-11-7-6-10-18(20)25/h3-11,22H,2,12-16H2,1H3,(H2,26,27,31)/t22-/m1/s1. The second-order valence-corrected chi connectivity index (χ2v) is 7.77. The maximum atomic E-state index is 14.1. The molecule has 2 aliphatic rings. The minimum Gasteiger partial charge on any atom is -0.463 e. The van der Waals surface area contributed by atoms with Crippen molar-refractivity contribution in [1.29, 1.82) is 0 Å². The molecule has 2 aliphatic heterocycles. The molecule has 2 aromatic carbocycles. The van der Waals surface area contributed by atoms with Crippen LogP contribution in [0, 0.1) is 5.82 Å². The number of hydrogen-bond acceptors (Lipinski definition) is 5. The first kappa shape index (κ1) is 21.8. The topological polar surface area (TPSA) is 73.9 Å². The number of esters is 1. The molecule has 0 spiro atoms. The second kappa shape index (κ2) is 9.82. The minimum absolute atomic E-state index is 0.232. The Morgan fingerprint density at radius 1 is 1.06 bits per heavy atom. The third-order valence-electron chi connectivity index (χ3n) is 5.73. The maximum absolute atomic E-state index is 14.1. The van der Waals surface area contributed by atoms with Gasteiger partial charge in [-0.2, -0.15) is 0 Å². The van der Waals surface area contributed by atoms with Gasteiger partial charge < -0.3 is 20.3 Å². The van der Waals surface area contributed by atoms with Crippen LogP contribution in [0.2, 0.25) is 0 Å². The Morgan fingerprint density at radius 2 is 1.75 bits per heavy atom. The van der Waals surface area contributed by atoms with Gasteiger partial charge in [0.2, 0.25) is 0 Å². The van der Waals surface area contributed by atoms with Gasteiger partial charge in [-0.3, -0.25) is 4.90 Å². The number of nitrogens with one attached hydrogen (secondary N) is 2. The van der Waals surface area contributed by atoms with Crippen molar-refractivity contribution in [3.05, 3.63) is 77.2 Å². The molecule has 2 aromatic rings. The molecular weight excluding hydrogens is 411 g/mol. The molecule has 1 atom stereocenters. The van der Waals surface area contributed by atoms with Gasteiger partial charge in [0.25, 0.3) is 0 Å². The number of para-hydroxylation sites is 1. The van der Waals surface area contributed by atoms with E-state index in [4.69, 9.17) is 4.74 Å². The fourth-order valence-corrected chi connectivity index (χ4v) is 4.17. The predicted octanol–water partition coefficient (Wildman–Crippen LogP) is 2.82. The molecule has 8 heteroatoms. The number of benzene rings is 2. The highest BCUT2D eigenvalue weighted by molar-refractivity contribution is 5.95. The van der Waals surface area contributed by atoms with E-state index in [9.17, 15) is 14.0 Å². The van der Waals surface area contributed by atoms with Crippen LogP contribution in [0.5, 0.6) is 0 Å². The highest BCUT2D eigenvalue weighted by Gasteiger charge is 2.34. The first-order valence-electron chi connectivity index (χ1n) is 10.8. The van der Waals surface area contributed by atoms with Gasteiger partial charge in [0.05, 0.1) is 23.9 Å². The van der Waals surface area contributed by atoms with Crippen molar-refractivity contribution in [3.8, 4) is 0 Å². The predicted molar refractivity (Wildman–Crippen MR) is 120 cm³/mol. The van der Waals surface area contributed by atoms with E-state index in [1.807, 2.05) is 41.3 Å². The highest BCUT2D eigenvalue weighted by Crippen LogP contribution is 2.28. The van der Waals surface area contributed by atoms with Crippen LogP contribution in [0.3, 0.4) is 0 Å². The minimum atomic E-state index is -0.585. The van der Waals surface area contributed by atoms with Crippen LogP contribution in [-0.2, 0) is 9.53 Å². The summed E-state index contributed by atoms with van der Waals surface area (Å²) in [5.41, 5.74) is 2.36. The molecule has 2 amide bonds. The Bertz CT molecular complexity index is 1000. The van der Waals surface area contributed by atoms with E-state index in [-0.39, 0.29) is 18.5 Å². The van der Waals surface area contributed by atoms with E-state index >= 15 is 0 Å². The van der Waals surface area contributed by atoms with Gasteiger partial charge in [0, 0.05) is 38.4 Å². The number of anilines is 1. The molecule has 7 nitrogen and oxygen atoms in total. The summed E-state index contributed by atoms with van der Waals surface area (Å²) in [6, 6.07) is 15.2. The van der Waals surface area contributed by atoms with Crippen LogP contribution >= 0.6 is 0 Å². The lowest BCUT2D eigenvalue weighted by atomic mass is 9.95. The number of carbonyl (C=O) groups excluding carboxylic acids is 2. The third-order valence-corrected chi connectivity index (χ3v) is 5.73. The molecule has 168 valence electrons. The van der Waals surface area contributed by atoms with Crippen LogP contribution < -0.4 is 15.5 Å². The number of amides is 2. The zero-order chi connectivity index (χ0) is 22.5. The molecule has 0 aliphatic carbocycles. The monoisotopic (exact) mass is 438 g/mol. The van der Waals surface area contributed by atoms with Crippen LogP contribution in [0.25, 0.3) is 0 Å². The van der Waals surface area contributed by atoms with Crippen molar-refractivity contribution in [2.45, 2.75) is 13.0 Å². The number of ether oxygens (including phenoxy) is 1. The van der Waals surface area contributed by atoms with Gasteiger partial charge in [0.1, 0.15) is 5.82 Å². The van der Waals surface area contributed by atoms with Crippen LogP contribution in [0.1, 0.15) is 18.5 Å². The Hall–Kier alpha value is -3.39. The van der Waals surface area contributed by atoms with Gasteiger partial charge in [-0.15, -0.1) is 0 Å². The Labute approximate surface area is 186 Å². The van der Waals surface area contributed by atoms with Crippen molar-refractivity contribution < 1.29 is 18.7 Å². The van der Waals surface area contributed by atoms with Crippen LogP contribution in [0.15, 0.2) is 65.9 Å². The average Bonchev–Trinajstić information content (AvgIpc) is 2.80. The number of urea groups is 1. The molecule has 0 aromatic heterocycles. The summed E-state index contributed by atoms with van der Waals surface area (Å²) in [5, 5.41) is 5.67. The number of nitrogens with zero attached hydrogens (tertiary/aromatic N) is 2. The van der Waals surface area contributed by atoms with Crippen LogP contribution in [-0.4, -0.2) is 56.2 Å². The Kier molecular flexibility index (Phi) is 6.70. The molecule has 2 heterocycles. The smallest absolute Gasteiger partial charge is 0.338 e. The molecule has 0 bridgehead atoms. The van der Waals surface area contributed by atoms with Crippen molar-refractivity contribution in [2.24, 2.45) is 0 Å². The summed E-state index contributed by atoms with van der Waals surface area (Å²) >= 11 is 0. The van der Waals surface area contributed by atoms with Crippen molar-refractivity contribution in [2.75, 3.05) is 44.2 Å². The number of halogens is 1. The molecule has 0 radical (unpaired) electrons. The van der Waals surface area contributed by atoms with E-state index in [1.165, 1.54) is 6.07 Å². The summed E-state index contributed by atoms with van der Waals surface area (Å²) in [4.78, 5) is 29.5. The fourth-order valence-electron chi connectivity index (χ4n) is 4.17. The Morgan fingerprint density at radius 3 is 2.44 bits per heavy atom. The molecule has 0 saturated carbocycles. The maximum Gasteiger partial charge on any atom is 0.338 e. The lowest BCUT2D eigenvalue weighted by Crippen LogP contribution is -2.52. The van der Waals surface area contributed by atoms with Crippen molar-refractivity contribution >= 4 is 17.7 Å². The molecule has 2 N–H and O–H groups in total. The second-order valence-electron chi connectivity index (χ2n) is 7.77. The SMILES string of the molecule is CCOC(=O)C1=C(CN2CCN(c3ccccc3F)CC2)NC(=O)N[C@@H]1c1ccccc1. The summed E-state index contributed by atoms with van der Waals surface area (Å²) < 4.78 is 19.5. The van der Waals surface area contributed by atoms with Crippen molar-refractivity contribution in [3.63, 3.8) is 0 Å². The lowest BCUT2D eigenvalue weighted by molar-refractivity contribution is -0.139. The number of piperazine rings is 1. The quantitative estimate of drug-likeness (QED) is 0.679. The van der Waals surface area contributed by atoms with Crippen LogP contribution in [0.4, 0.5) is 14.9 Å². The van der Waals surface area contributed by atoms with Crippen molar-refractivity contribution in [1.82, 2.24) is 15.5 Å². The zero-order valence-electron chi connectivity index (χ0n) is 18.0. The van der Waals surface area contributed by atoms with Gasteiger partial charge in [0.15, 0.2) is 0 Å². The summed E-state index contributed by atoms with van der Waals surface area (Å²) in [5.74, 6) is -0.682. The first-order valence-corrected chi connectivity index (χ1v) is 10.8. The lowest BCUT2D eigenvalue weighted by Gasteiger charge is -2.38. The number of rotatable bonds is 6. The average molecular weight is 439 g/mol. The van der Waals surface area contributed by atoms with Gasteiger partial charge >= 0.3 is 12.0 Å². The summed E-state index contributed by atoms with van der Waals surface area (Å²) in [6.07, 6.45) is 0. The first-order chi connectivity index (χ1) is 15.6. The van der Waals surface area contributed by atoms with E-state index in [2.05, 4.69) is 15.5 Å². The van der Waals surface area contributed by atoms with Gasteiger partial charge in [-0.1, -0.05) is 42.5 Å². The van der Waals surface area contributed by atoms with E-state index in [0.717, 1.165) is 5.56 Å². The molecule has 32 heavy (non-hydrogen) atoms. The molecule has 4 rings (SSSR count). The zero-order valence-corrected chi connectivity index (χ0v) is 18.0. The summed E-state index contributed by atoms with van der Waals surface area (Å²) in [6.45, 7) is 5.05. The molecular formula is C24H27FN4O3.